The lowest BCUT2D eigenvalue weighted by Gasteiger charge is -2.22. The summed E-state index contributed by atoms with van der Waals surface area (Å²) in [5.41, 5.74) is 6.77. The van der Waals surface area contributed by atoms with Crippen molar-refractivity contribution in [2.24, 2.45) is 5.73 Å². The third kappa shape index (κ3) is 3.50. The minimum atomic E-state index is -0.275. The first-order chi connectivity index (χ1) is 8.61. The number of amides is 1. The average Bonchev–Trinajstić information content (AvgIpc) is 2.76. The molecule has 0 atom stereocenters. The van der Waals surface area contributed by atoms with Gasteiger partial charge in [-0.1, -0.05) is 12.8 Å². The lowest BCUT2D eigenvalue weighted by molar-refractivity contribution is -0.117. The van der Waals surface area contributed by atoms with Gasteiger partial charge in [-0.2, -0.15) is 0 Å². The highest BCUT2D eigenvalue weighted by molar-refractivity contribution is 7.98. The molecule has 3 N–H and O–H groups in total. The number of hydrogen-bond donors (Lipinski definition) is 2. The zero-order chi connectivity index (χ0) is 13.0. The Morgan fingerprint density at radius 2 is 1.94 bits per heavy atom. The van der Waals surface area contributed by atoms with Crippen molar-refractivity contribution in [1.29, 1.82) is 0 Å². The zero-order valence-electron chi connectivity index (χ0n) is 10.7. The second-order valence-electron chi connectivity index (χ2n) is 5.02. The van der Waals surface area contributed by atoms with Crippen LogP contribution < -0.4 is 11.1 Å². The Morgan fingerprint density at radius 3 is 2.50 bits per heavy atom. The Morgan fingerprint density at radius 1 is 1.33 bits per heavy atom. The number of anilines is 1. The maximum atomic E-state index is 11.9. The summed E-state index contributed by atoms with van der Waals surface area (Å²) in [5, 5.41) is 2.92. The summed E-state index contributed by atoms with van der Waals surface area (Å²) < 4.78 is 0. The Bertz CT molecular complexity index is 410. The summed E-state index contributed by atoms with van der Waals surface area (Å²) in [6, 6.07) is 7.88. The molecule has 0 heterocycles. The lowest BCUT2D eigenvalue weighted by Crippen LogP contribution is -2.40. The fourth-order valence-corrected chi connectivity index (χ4v) is 2.86. The number of nitrogens with two attached hydrogens (primary N) is 1. The molecule has 0 bridgehead atoms. The molecule has 1 saturated carbocycles. The molecular formula is C14H20N2OS. The van der Waals surface area contributed by atoms with Crippen molar-refractivity contribution >= 4 is 23.4 Å². The molecule has 1 aliphatic rings. The third-order valence-corrected chi connectivity index (χ3v) is 4.23. The van der Waals surface area contributed by atoms with E-state index in [1.54, 1.807) is 11.8 Å². The second-order valence-corrected chi connectivity index (χ2v) is 5.90. The summed E-state index contributed by atoms with van der Waals surface area (Å²) in [6.07, 6.45) is 6.68. The zero-order valence-corrected chi connectivity index (χ0v) is 11.6. The van der Waals surface area contributed by atoms with Gasteiger partial charge in [0, 0.05) is 22.5 Å². The van der Waals surface area contributed by atoms with Crippen LogP contribution in [0, 0.1) is 0 Å². The van der Waals surface area contributed by atoms with Gasteiger partial charge in [-0.05, 0) is 43.4 Å². The number of thioether (sulfide) groups is 1. The van der Waals surface area contributed by atoms with Crippen LogP contribution in [-0.4, -0.2) is 17.7 Å². The predicted octanol–water partition coefficient (Wildman–Crippen LogP) is 3.01. The second kappa shape index (κ2) is 5.76. The van der Waals surface area contributed by atoms with Crippen LogP contribution in [0.2, 0.25) is 0 Å². The fraction of sp³-hybridized carbons (Fsp3) is 0.500. The maximum Gasteiger partial charge on any atom is 0.226 e. The standard InChI is InChI=1S/C14H20N2OS/c1-18-12-6-4-11(5-7-12)16-13(17)10-14(15)8-2-3-9-14/h4-7H,2-3,8-10,15H2,1H3,(H,16,17). The molecule has 0 aromatic heterocycles. The summed E-state index contributed by atoms with van der Waals surface area (Å²) in [5.74, 6) is 0.0244. The fourth-order valence-electron chi connectivity index (χ4n) is 2.46. The molecule has 1 amide bonds. The molecule has 18 heavy (non-hydrogen) atoms. The monoisotopic (exact) mass is 264 g/mol. The number of benzene rings is 1. The van der Waals surface area contributed by atoms with Gasteiger partial charge in [0.2, 0.25) is 5.91 Å². The number of hydrogen-bond acceptors (Lipinski definition) is 3. The quantitative estimate of drug-likeness (QED) is 0.822. The molecule has 3 nitrogen and oxygen atoms in total. The molecule has 2 rings (SSSR count). The SMILES string of the molecule is CSc1ccc(NC(=O)CC2(N)CCCC2)cc1. The summed E-state index contributed by atoms with van der Waals surface area (Å²) in [4.78, 5) is 13.1. The molecule has 98 valence electrons. The van der Waals surface area contributed by atoms with E-state index < -0.39 is 0 Å². The number of carbonyl (C=O) groups excluding carboxylic acids is 1. The van der Waals surface area contributed by atoms with Gasteiger partial charge >= 0.3 is 0 Å². The highest BCUT2D eigenvalue weighted by Gasteiger charge is 2.31. The van der Waals surface area contributed by atoms with Gasteiger partial charge in [0.25, 0.3) is 0 Å². The highest BCUT2D eigenvalue weighted by atomic mass is 32.2. The van der Waals surface area contributed by atoms with E-state index in [1.807, 2.05) is 30.5 Å². The van der Waals surface area contributed by atoms with E-state index in [0.717, 1.165) is 31.4 Å². The van der Waals surface area contributed by atoms with E-state index >= 15 is 0 Å². The van der Waals surface area contributed by atoms with Crippen molar-refractivity contribution < 1.29 is 4.79 Å². The van der Waals surface area contributed by atoms with E-state index in [-0.39, 0.29) is 11.4 Å². The minimum absolute atomic E-state index is 0.0244. The van der Waals surface area contributed by atoms with Crippen LogP contribution in [0.25, 0.3) is 0 Å². The smallest absolute Gasteiger partial charge is 0.226 e. The molecule has 0 radical (unpaired) electrons. The largest absolute Gasteiger partial charge is 0.326 e. The molecule has 1 aromatic rings. The van der Waals surface area contributed by atoms with E-state index in [9.17, 15) is 4.79 Å². The summed E-state index contributed by atoms with van der Waals surface area (Å²) >= 11 is 1.69. The number of carbonyl (C=O) groups is 1. The van der Waals surface area contributed by atoms with Gasteiger partial charge in [-0.25, -0.2) is 0 Å². The Hall–Kier alpha value is -1.00. The van der Waals surface area contributed by atoms with Crippen molar-refractivity contribution in [3.05, 3.63) is 24.3 Å². The first kappa shape index (κ1) is 13.4. The minimum Gasteiger partial charge on any atom is -0.326 e. The topological polar surface area (TPSA) is 55.1 Å². The van der Waals surface area contributed by atoms with Gasteiger partial charge in [-0.15, -0.1) is 11.8 Å². The van der Waals surface area contributed by atoms with Crippen LogP contribution in [0.4, 0.5) is 5.69 Å². The van der Waals surface area contributed by atoms with Crippen LogP contribution in [0.1, 0.15) is 32.1 Å². The maximum absolute atomic E-state index is 11.9. The molecular weight excluding hydrogens is 244 g/mol. The Kier molecular flexibility index (Phi) is 4.30. The van der Waals surface area contributed by atoms with Crippen molar-refractivity contribution in [2.45, 2.75) is 42.5 Å². The first-order valence-electron chi connectivity index (χ1n) is 6.34. The van der Waals surface area contributed by atoms with Crippen LogP contribution in [0.5, 0.6) is 0 Å². The molecule has 1 aromatic carbocycles. The van der Waals surface area contributed by atoms with Crippen molar-refractivity contribution in [3.63, 3.8) is 0 Å². The van der Waals surface area contributed by atoms with Gasteiger partial charge in [0.05, 0.1) is 0 Å². The van der Waals surface area contributed by atoms with Gasteiger partial charge < -0.3 is 11.1 Å². The van der Waals surface area contributed by atoms with E-state index in [1.165, 1.54) is 4.90 Å². The molecule has 0 unspecified atom stereocenters. The third-order valence-electron chi connectivity index (χ3n) is 3.49. The first-order valence-corrected chi connectivity index (χ1v) is 7.57. The van der Waals surface area contributed by atoms with Crippen molar-refractivity contribution in [2.75, 3.05) is 11.6 Å². The Balaban J connectivity index is 1.90. The molecule has 1 aliphatic carbocycles. The molecule has 1 fully saturated rings. The molecule has 0 spiro atoms. The normalized spacial score (nSPS) is 17.7. The highest BCUT2D eigenvalue weighted by Crippen LogP contribution is 2.30. The Labute approximate surface area is 113 Å². The summed E-state index contributed by atoms with van der Waals surface area (Å²) in [6.45, 7) is 0. The van der Waals surface area contributed by atoms with Gasteiger partial charge in [0.1, 0.15) is 0 Å². The van der Waals surface area contributed by atoms with Crippen molar-refractivity contribution in [1.82, 2.24) is 0 Å². The predicted molar refractivity (Wildman–Crippen MR) is 76.9 cm³/mol. The lowest BCUT2D eigenvalue weighted by atomic mass is 9.94. The molecule has 4 heteroatoms. The van der Waals surface area contributed by atoms with Crippen LogP contribution in [0.15, 0.2) is 29.2 Å². The number of rotatable bonds is 4. The van der Waals surface area contributed by atoms with E-state index in [0.29, 0.717) is 6.42 Å². The average molecular weight is 264 g/mol. The summed E-state index contributed by atoms with van der Waals surface area (Å²) in [7, 11) is 0. The van der Waals surface area contributed by atoms with E-state index in [2.05, 4.69) is 5.32 Å². The van der Waals surface area contributed by atoms with Gasteiger partial charge in [-0.3, -0.25) is 4.79 Å². The van der Waals surface area contributed by atoms with E-state index in [4.69, 9.17) is 5.73 Å². The van der Waals surface area contributed by atoms with Crippen molar-refractivity contribution in [3.8, 4) is 0 Å². The van der Waals surface area contributed by atoms with Crippen LogP contribution in [-0.2, 0) is 4.79 Å². The van der Waals surface area contributed by atoms with Crippen LogP contribution in [0.3, 0.4) is 0 Å². The number of nitrogens with one attached hydrogen (secondary N) is 1. The molecule has 0 saturated heterocycles. The molecule has 0 aliphatic heterocycles. The van der Waals surface area contributed by atoms with Gasteiger partial charge in [0.15, 0.2) is 0 Å². The van der Waals surface area contributed by atoms with Crippen LogP contribution >= 0.6 is 11.8 Å².